The van der Waals surface area contributed by atoms with Crippen molar-refractivity contribution in [1.82, 2.24) is 10.6 Å². The Bertz CT molecular complexity index is 451. The molecule has 0 spiro atoms. The zero-order chi connectivity index (χ0) is 14.3. The quantitative estimate of drug-likeness (QED) is 0.535. The van der Waals surface area contributed by atoms with Crippen molar-refractivity contribution in [3.63, 3.8) is 0 Å². The van der Waals surface area contributed by atoms with E-state index in [2.05, 4.69) is 23.3 Å². The summed E-state index contributed by atoms with van der Waals surface area (Å²) in [6.45, 7) is 2.49. The zero-order valence-corrected chi connectivity index (χ0v) is 11.9. The van der Waals surface area contributed by atoms with Gasteiger partial charge in [0.25, 0.3) is 5.91 Å². The van der Waals surface area contributed by atoms with E-state index in [0.717, 1.165) is 0 Å². The van der Waals surface area contributed by atoms with Crippen molar-refractivity contribution in [2.45, 2.75) is 17.9 Å². The highest BCUT2D eigenvalue weighted by Gasteiger charge is 2.16. The second-order valence-electron chi connectivity index (χ2n) is 4.03. The molecule has 6 heteroatoms. The molecule has 1 aromatic carbocycles. The highest BCUT2D eigenvalue weighted by Crippen LogP contribution is 2.08. The first kappa shape index (κ1) is 15.5. The van der Waals surface area contributed by atoms with Crippen LogP contribution in [0.4, 0.5) is 0 Å². The Hall–Kier alpha value is -1.53. The van der Waals surface area contributed by atoms with E-state index in [1.165, 1.54) is 0 Å². The maximum atomic E-state index is 11.9. The summed E-state index contributed by atoms with van der Waals surface area (Å²) in [6.07, 6.45) is 0. The average molecular weight is 282 g/mol. The summed E-state index contributed by atoms with van der Waals surface area (Å²) in [4.78, 5) is 24.2. The molecule has 2 amide bonds. The molecule has 1 unspecified atom stereocenters. The predicted molar refractivity (Wildman–Crippen MR) is 75.5 cm³/mol. The minimum Gasteiger partial charge on any atom is -0.383 e. The van der Waals surface area contributed by atoms with Crippen molar-refractivity contribution in [3.05, 3.63) is 29.8 Å². The Morgan fingerprint density at radius 2 is 2.16 bits per heavy atom. The normalized spacial score (nSPS) is 11.7. The monoisotopic (exact) mass is 282 g/mol. The smallest absolute Gasteiger partial charge is 0.251 e. The number of carbonyl (C=O) groups is 2. The molecule has 0 radical (unpaired) electrons. The van der Waals surface area contributed by atoms with Crippen molar-refractivity contribution >= 4 is 24.4 Å². The van der Waals surface area contributed by atoms with Gasteiger partial charge >= 0.3 is 0 Å². The number of hydrogen-bond acceptors (Lipinski definition) is 4. The lowest BCUT2D eigenvalue weighted by molar-refractivity contribution is -0.122. The van der Waals surface area contributed by atoms with Gasteiger partial charge in [-0.1, -0.05) is 6.07 Å². The maximum absolute atomic E-state index is 11.9. The van der Waals surface area contributed by atoms with E-state index in [4.69, 9.17) is 4.74 Å². The summed E-state index contributed by atoms with van der Waals surface area (Å²) in [7, 11) is 1.56. The maximum Gasteiger partial charge on any atom is 0.251 e. The van der Waals surface area contributed by atoms with Crippen LogP contribution in [0.1, 0.15) is 17.3 Å². The van der Waals surface area contributed by atoms with Gasteiger partial charge in [-0.3, -0.25) is 9.59 Å². The lowest BCUT2D eigenvalue weighted by atomic mass is 10.2. The van der Waals surface area contributed by atoms with Crippen LogP contribution in [0.5, 0.6) is 0 Å². The van der Waals surface area contributed by atoms with Gasteiger partial charge in [0, 0.05) is 24.1 Å². The number of nitrogens with one attached hydrogen (secondary N) is 2. The fourth-order valence-corrected chi connectivity index (χ4v) is 1.65. The molecule has 0 aliphatic carbocycles. The molecule has 2 N–H and O–H groups in total. The molecule has 0 saturated heterocycles. The summed E-state index contributed by atoms with van der Waals surface area (Å²) in [5.41, 5.74) is 0.476. The van der Waals surface area contributed by atoms with Crippen LogP contribution in [0, 0.1) is 0 Å². The Balaban J connectivity index is 2.49. The number of carbonyl (C=O) groups excluding carboxylic acids is 2. The first-order chi connectivity index (χ1) is 9.04. The number of rotatable bonds is 6. The van der Waals surface area contributed by atoms with Crippen molar-refractivity contribution < 1.29 is 14.3 Å². The average Bonchev–Trinajstić information content (AvgIpc) is 2.38. The standard InChI is InChI=1S/C13H18N2O3S/c1-9(12(16)14-6-7-18-2)15-13(17)10-4-3-5-11(19)8-10/h3-5,8-9,19H,6-7H2,1-2H3,(H,14,16)(H,15,17). The van der Waals surface area contributed by atoms with Crippen molar-refractivity contribution in [2.24, 2.45) is 0 Å². The van der Waals surface area contributed by atoms with E-state index in [9.17, 15) is 9.59 Å². The number of hydrogen-bond donors (Lipinski definition) is 3. The number of thiol groups is 1. The Morgan fingerprint density at radius 3 is 2.79 bits per heavy atom. The molecule has 0 bridgehead atoms. The Morgan fingerprint density at radius 1 is 1.42 bits per heavy atom. The highest BCUT2D eigenvalue weighted by atomic mass is 32.1. The van der Waals surface area contributed by atoms with Crippen LogP contribution in [0.2, 0.25) is 0 Å². The van der Waals surface area contributed by atoms with Gasteiger partial charge in [0.2, 0.25) is 5.91 Å². The molecule has 104 valence electrons. The lowest BCUT2D eigenvalue weighted by Gasteiger charge is -2.14. The fourth-order valence-electron chi connectivity index (χ4n) is 1.42. The minimum atomic E-state index is -0.604. The minimum absolute atomic E-state index is 0.243. The van der Waals surface area contributed by atoms with Crippen LogP contribution >= 0.6 is 12.6 Å². The molecular formula is C13H18N2O3S. The van der Waals surface area contributed by atoms with E-state index < -0.39 is 6.04 Å². The second-order valence-corrected chi connectivity index (χ2v) is 4.55. The topological polar surface area (TPSA) is 67.4 Å². The van der Waals surface area contributed by atoms with E-state index in [-0.39, 0.29) is 11.8 Å². The van der Waals surface area contributed by atoms with Crippen LogP contribution in [0.3, 0.4) is 0 Å². The van der Waals surface area contributed by atoms with Crippen molar-refractivity contribution in [1.29, 1.82) is 0 Å². The third-order valence-corrected chi connectivity index (χ3v) is 2.73. The molecule has 0 aliphatic rings. The summed E-state index contributed by atoms with van der Waals surface area (Å²) in [5.74, 6) is -0.544. The molecule has 0 fully saturated rings. The summed E-state index contributed by atoms with van der Waals surface area (Å²) >= 11 is 4.16. The molecule has 19 heavy (non-hydrogen) atoms. The molecule has 0 aliphatic heterocycles. The van der Waals surface area contributed by atoms with Crippen molar-refractivity contribution in [2.75, 3.05) is 20.3 Å². The van der Waals surface area contributed by atoms with Crippen LogP contribution < -0.4 is 10.6 Å². The highest BCUT2D eigenvalue weighted by molar-refractivity contribution is 7.80. The predicted octanol–water partition coefficient (Wildman–Crippen LogP) is 0.856. The van der Waals surface area contributed by atoms with Gasteiger partial charge in [-0.2, -0.15) is 0 Å². The molecular weight excluding hydrogens is 264 g/mol. The van der Waals surface area contributed by atoms with Crippen LogP contribution in [-0.4, -0.2) is 38.1 Å². The second kappa shape index (κ2) is 7.81. The van der Waals surface area contributed by atoms with Gasteiger partial charge < -0.3 is 15.4 Å². The number of benzene rings is 1. The van der Waals surface area contributed by atoms with Crippen molar-refractivity contribution in [3.8, 4) is 0 Å². The third kappa shape index (κ3) is 5.32. The molecule has 0 aromatic heterocycles. The largest absolute Gasteiger partial charge is 0.383 e. The van der Waals surface area contributed by atoms with Gasteiger partial charge in [0.15, 0.2) is 0 Å². The van der Waals surface area contributed by atoms with Crippen LogP contribution in [-0.2, 0) is 9.53 Å². The SMILES string of the molecule is COCCNC(=O)C(C)NC(=O)c1cccc(S)c1. The molecule has 5 nitrogen and oxygen atoms in total. The Kier molecular flexibility index (Phi) is 6.38. The molecule has 1 aromatic rings. The van der Waals surface area contributed by atoms with Gasteiger partial charge in [-0.05, 0) is 25.1 Å². The first-order valence-electron chi connectivity index (χ1n) is 5.91. The van der Waals surface area contributed by atoms with Crippen LogP contribution in [0.25, 0.3) is 0 Å². The lowest BCUT2D eigenvalue weighted by Crippen LogP contribution is -2.45. The number of amides is 2. The number of methoxy groups -OCH3 is 1. The van der Waals surface area contributed by atoms with Gasteiger partial charge in [-0.15, -0.1) is 12.6 Å². The van der Waals surface area contributed by atoms with E-state index in [1.807, 2.05) is 0 Å². The summed E-state index contributed by atoms with van der Waals surface area (Å²) < 4.78 is 4.83. The number of ether oxygens (including phenoxy) is 1. The van der Waals surface area contributed by atoms with Gasteiger partial charge in [0.05, 0.1) is 6.61 Å². The first-order valence-corrected chi connectivity index (χ1v) is 6.36. The molecule has 0 heterocycles. The summed E-state index contributed by atoms with van der Waals surface area (Å²) in [5, 5.41) is 5.28. The Labute approximate surface area is 118 Å². The van der Waals surface area contributed by atoms with Gasteiger partial charge in [-0.25, -0.2) is 0 Å². The van der Waals surface area contributed by atoms with E-state index in [1.54, 1.807) is 38.3 Å². The zero-order valence-electron chi connectivity index (χ0n) is 11.0. The van der Waals surface area contributed by atoms with Gasteiger partial charge in [0.1, 0.15) is 6.04 Å². The molecule has 1 rings (SSSR count). The van der Waals surface area contributed by atoms with E-state index in [0.29, 0.717) is 23.6 Å². The molecule has 0 saturated carbocycles. The summed E-state index contributed by atoms with van der Waals surface area (Å²) in [6, 6.07) is 6.23. The molecule has 1 atom stereocenters. The van der Waals surface area contributed by atoms with E-state index >= 15 is 0 Å². The third-order valence-electron chi connectivity index (χ3n) is 2.45. The fraction of sp³-hybridized carbons (Fsp3) is 0.385. The van der Waals surface area contributed by atoms with Crippen LogP contribution in [0.15, 0.2) is 29.2 Å².